The molecular weight excluding hydrogens is 440 g/mol. The van der Waals surface area contributed by atoms with E-state index in [0.717, 1.165) is 12.0 Å². The Labute approximate surface area is 189 Å². The number of aryl methyl sites for hydroxylation is 1. The van der Waals surface area contributed by atoms with E-state index in [0.29, 0.717) is 40.6 Å². The van der Waals surface area contributed by atoms with E-state index < -0.39 is 41.9 Å². The van der Waals surface area contributed by atoms with Crippen molar-refractivity contribution in [2.45, 2.75) is 64.5 Å². The summed E-state index contributed by atoms with van der Waals surface area (Å²) in [4.78, 5) is 38.7. The van der Waals surface area contributed by atoms with E-state index in [-0.39, 0.29) is 5.56 Å². The van der Waals surface area contributed by atoms with Gasteiger partial charge in [0, 0.05) is 41.3 Å². The van der Waals surface area contributed by atoms with Crippen LogP contribution < -0.4 is 10.6 Å². The number of fused-ring (bicyclic) bond motifs is 1. The Kier molecular flexibility index (Phi) is 5.40. The van der Waals surface area contributed by atoms with Gasteiger partial charge >= 0.3 is 0 Å². The standard InChI is InChI=1S/C23H24ClF2N3O3/c1-12-6-7-14(9-15(12)24)27-20(31)18-13(2)17(16-5-4-8-29(16)18)19(30)21(32)28-22(3)10-23(25,26)11-22/h6-7,9H,4-5,8,10-11H2,1-3H3,(H,27,31)(H,28,32). The van der Waals surface area contributed by atoms with Gasteiger partial charge in [0.2, 0.25) is 0 Å². The number of amides is 2. The van der Waals surface area contributed by atoms with Crippen LogP contribution in [0, 0.1) is 13.8 Å². The highest BCUT2D eigenvalue weighted by molar-refractivity contribution is 6.44. The van der Waals surface area contributed by atoms with Gasteiger partial charge in [0.05, 0.1) is 5.56 Å². The van der Waals surface area contributed by atoms with E-state index in [2.05, 4.69) is 10.6 Å². The number of hydrogen-bond donors (Lipinski definition) is 2. The van der Waals surface area contributed by atoms with Crippen LogP contribution in [0.4, 0.5) is 14.5 Å². The Balaban J connectivity index is 1.60. The normalized spacial score (nSPS) is 17.9. The van der Waals surface area contributed by atoms with Gasteiger partial charge in [-0.2, -0.15) is 0 Å². The number of ketones is 1. The molecule has 6 nitrogen and oxygen atoms in total. The van der Waals surface area contributed by atoms with Gasteiger partial charge in [0.1, 0.15) is 5.69 Å². The summed E-state index contributed by atoms with van der Waals surface area (Å²) < 4.78 is 28.3. The first-order valence-corrected chi connectivity index (χ1v) is 10.8. The molecule has 170 valence electrons. The molecular formula is C23H24ClF2N3O3. The van der Waals surface area contributed by atoms with Crippen LogP contribution in [0.1, 0.15) is 63.9 Å². The van der Waals surface area contributed by atoms with Gasteiger partial charge in [0.25, 0.3) is 23.5 Å². The minimum Gasteiger partial charge on any atom is -0.344 e. The molecule has 2 aliphatic rings. The van der Waals surface area contributed by atoms with E-state index in [1.165, 1.54) is 6.92 Å². The zero-order chi connectivity index (χ0) is 23.4. The average Bonchev–Trinajstić information content (AvgIpc) is 3.21. The Bertz CT molecular complexity index is 1150. The van der Waals surface area contributed by atoms with Crippen molar-refractivity contribution < 1.29 is 23.2 Å². The molecule has 2 amide bonds. The van der Waals surface area contributed by atoms with Crippen molar-refractivity contribution in [2.24, 2.45) is 0 Å². The quantitative estimate of drug-likeness (QED) is 0.508. The molecule has 2 heterocycles. The molecule has 0 atom stereocenters. The zero-order valence-electron chi connectivity index (χ0n) is 18.1. The molecule has 2 aromatic rings. The van der Waals surface area contributed by atoms with Crippen molar-refractivity contribution in [3.63, 3.8) is 0 Å². The zero-order valence-corrected chi connectivity index (χ0v) is 18.8. The van der Waals surface area contributed by atoms with Crippen molar-refractivity contribution in [3.05, 3.63) is 51.3 Å². The summed E-state index contributed by atoms with van der Waals surface area (Å²) in [5, 5.41) is 5.78. The number of Topliss-reactive ketones (excluding diaryl/α,β-unsaturated/α-hetero) is 1. The third-order valence-corrected chi connectivity index (χ3v) is 6.61. The molecule has 0 saturated heterocycles. The van der Waals surface area contributed by atoms with Crippen molar-refractivity contribution in [2.75, 3.05) is 5.32 Å². The molecule has 4 rings (SSSR count). The molecule has 0 radical (unpaired) electrons. The number of benzene rings is 1. The fourth-order valence-electron chi connectivity index (χ4n) is 4.80. The van der Waals surface area contributed by atoms with Crippen LogP contribution >= 0.6 is 11.6 Å². The van der Waals surface area contributed by atoms with E-state index in [1.54, 1.807) is 29.7 Å². The molecule has 0 bridgehead atoms. The number of nitrogens with zero attached hydrogens (tertiary/aromatic N) is 1. The van der Waals surface area contributed by atoms with Crippen LogP contribution in [0.3, 0.4) is 0 Å². The van der Waals surface area contributed by atoms with Gasteiger partial charge < -0.3 is 15.2 Å². The molecule has 1 aromatic carbocycles. The molecule has 2 N–H and O–H groups in total. The minimum absolute atomic E-state index is 0.182. The summed E-state index contributed by atoms with van der Waals surface area (Å²) in [6.07, 6.45) is 0.281. The molecule has 1 saturated carbocycles. The van der Waals surface area contributed by atoms with Gasteiger partial charge in [-0.1, -0.05) is 17.7 Å². The van der Waals surface area contributed by atoms with Gasteiger partial charge in [0.15, 0.2) is 0 Å². The predicted molar refractivity (Wildman–Crippen MR) is 117 cm³/mol. The van der Waals surface area contributed by atoms with Crippen LogP contribution in [0.2, 0.25) is 5.02 Å². The summed E-state index contributed by atoms with van der Waals surface area (Å²) >= 11 is 6.14. The van der Waals surface area contributed by atoms with E-state index >= 15 is 0 Å². The Hall–Kier alpha value is -2.74. The highest BCUT2D eigenvalue weighted by atomic mass is 35.5. The SMILES string of the molecule is Cc1ccc(NC(=O)c2c(C)c(C(=O)C(=O)NC3(C)CC(F)(F)C3)c3n2CCC3)cc1Cl. The van der Waals surface area contributed by atoms with Crippen molar-refractivity contribution >= 4 is 34.9 Å². The number of rotatable bonds is 5. The summed E-state index contributed by atoms with van der Waals surface area (Å²) in [6.45, 7) is 5.53. The van der Waals surface area contributed by atoms with Gasteiger partial charge in [-0.15, -0.1) is 0 Å². The second kappa shape index (κ2) is 7.69. The summed E-state index contributed by atoms with van der Waals surface area (Å²) in [6, 6.07) is 5.17. The van der Waals surface area contributed by atoms with Gasteiger partial charge in [-0.3, -0.25) is 14.4 Å². The number of halogens is 3. The summed E-state index contributed by atoms with van der Waals surface area (Å²) in [5.74, 6) is -4.97. The number of carbonyl (C=O) groups excluding carboxylic acids is 3. The molecule has 1 aliphatic heterocycles. The highest BCUT2D eigenvalue weighted by Crippen LogP contribution is 2.45. The van der Waals surface area contributed by atoms with E-state index in [1.807, 2.05) is 6.92 Å². The van der Waals surface area contributed by atoms with Crippen LogP contribution in [-0.4, -0.2) is 33.6 Å². The third kappa shape index (κ3) is 3.92. The van der Waals surface area contributed by atoms with Crippen molar-refractivity contribution in [3.8, 4) is 0 Å². The number of nitrogens with one attached hydrogen (secondary N) is 2. The number of alkyl halides is 2. The fourth-order valence-corrected chi connectivity index (χ4v) is 4.98. The van der Waals surface area contributed by atoms with Crippen LogP contribution in [0.25, 0.3) is 0 Å². The lowest BCUT2D eigenvalue weighted by Gasteiger charge is -2.45. The lowest BCUT2D eigenvalue weighted by atomic mass is 9.75. The molecule has 1 fully saturated rings. The number of anilines is 1. The molecule has 32 heavy (non-hydrogen) atoms. The van der Waals surface area contributed by atoms with Crippen LogP contribution in [0.5, 0.6) is 0 Å². The maximum absolute atomic E-state index is 13.3. The first-order chi connectivity index (χ1) is 14.9. The second-order valence-corrected chi connectivity index (χ2v) is 9.43. The number of aromatic nitrogens is 1. The van der Waals surface area contributed by atoms with Crippen LogP contribution in [0.15, 0.2) is 18.2 Å². The van der Waals surface area contributed by atoms with Crippen molar-refractivity contribution in [1.82, 2.24) is 9.88 Å². The monoisotopic (exact) mass is 463 g/mol. The van der Waals surface area contributed by atoms with Crippen molar-refractivity contribution in [1.29, 1.82) is 0 Å². The smallest absolute Gasteiger partial charge is 0.292 e. The molecule has 0 unspecified atom stereocenters. The third-order valence-electron chi connectivity index (χ3n) is 6.20. The van der Waals surface area contributed by atoms with E-state index in [9.17, 15) is 23.2 Å². The topological polar surface area (TPSA) is 80.2 Å². The largest absolute Gasteiger partial charge is 0.344 e. The average molecular weight is 464 g/mol. The molecule has 0 spiro atoms. The molecule has 1 aromatic heterocycles. The maximum atomic E-state index is 13.3. The molecule has 9 heteroatoms. The Morgan fingerprint density at radius 1 is 1.16 bits per heavy atom. The first kappa shape index (κ1) is 22.5. The maximum Gasteiger partial charge on any atom is 0.292 e. The number of hydrogen-bond acceptors (Lipinski definition) is 3. The lowest BCUT2D eigenvalue weighted by Crippen LogP contribution is -2.61. The summed E-state index contributed by atoms with van der Waals surface area (Å²) in [5.41, 5.74) is 1.80. The highest BCUT2D eigenvalue weighted by Gasteiger charge is 2.55. The number of carbonyl (C=O) groups is 3. The lowest BCUT2D eigenvalue weighted by molar-refractivity contribution is -0.140. The van der Waals surface area contributed by atoms with Gasteiger partial charge in [-0.25, -0.2) is 8.78 Å². The van der Waals surface area contributed by atoms with Gasteiger partial charge in [-0.05, 0) is 56.9 Å². The Morgan fingerprint density at radius 3 is 2.47 bits per heavy atom. The Morgan fingerprint density at radius 2 is 1.84 bits per heavy atom. The molecule has 1 aliphatic carbocycles. The predicted octanol–water partition coefficient (Wildman–Crippen LogP) is 4.44. The fraction of sp³-hybridized carbons (Fsp3) is 0.435. The minimum atomic E-state index is -2.83. The summed E-state index contributed by atoms with van der Waals surface area (Å²) in [7, 11) is 0. The van der Waals surface area contributed by atoms with E-state index in [4.69, 9.17) is 11.6 Å². The second-order valence-electron chi connectivity index (χ2n) is 9.02. The van der Waals surface area contributed by atoms with Crippen LogP contribution in [-0.2, 0) is 17.8 Å². The first-order valence-electron chi connectivity index (χ1n) is 10.4.